The number of hydrogen-bond acceptors (Lipinski definition) is 4. The molecule has 0 N–H and O–H groups in total. The molecule has 1 aromatic heterocycles. The molecule has 3 rings (SSSR count). The fraction of sp³-hybridized carbons (Fsp3) is 0.273. The molecule has 6 heteroatoms. The number of thioether (sulfide) groups is 2. The van der Waals surface area contributed by atoms with Gasteiger partial charge in [-0.05, 0) is 42.2 Å². The third kappa shape index (κ3) is 5.54. The van der Waals surface area contributed by atoms with Crippen molar-refractivity contribution in [3.63, 3.8) is 0 Å². The van der Waals surface area contributed by atoms with E-state index in [9.17, 15) is 4.79 Å². The van der Waals surface area contributed by atoms with Crippen LogP contribution in [0.5, 0.6) is 0 Å². The van der Waals surface area contributed by atoms with Crippen molar-refractivity contribution in [1.29, 1.82) is 0 Å². The summed E-state index contributed by atoms with van der Waals surface area (Å²) in [4.78, 5) is 18.6. The molecule has 0 aliphatic heterocycles. The highest BCUT2D eigenvalue weighted by molar-refractivity contribution is 7.98. The molecule has 0 radical (unpaired) electrons. The third-order valence-corrected chi connectivity index (χ3v) is 7.03. The maximum atomic E-state index is 12.4. The Bertz CT molecular complexity index is 1050. The normalized spacial score (nSPS) is 11.6. The molecule has 0 fully saturated rings. The lowest BCUT2D eigenvalue weighted by Gasteiger charge is -2.01. The van der Waals surface area contributed by atoms with Gasteiger partial charge < -0.3 is 4.57 Å². The number of hydrogen-bond donors (Lipinski definition) is 0. The van der Waals surface area contributed by atoms with Crippen molar-refractivity contribution in [3.8, 4) is 12.3 Å². The number of terminal acetylenes is 1. The number of rotatable bonds is 8. The molecular weight excluding hydrogens is 404 g/mol. The highest BCUT2D eigenvalue weighted by atomic mass is 32.2. The van der Waals surface area contributed by atoms with Crippen LogP contribution in [0.4, 0.5) is 0 Å². The summed E-state index contributed by atoms with van der Waals surface area (Å²) in [5, 5.41) is 0. The maximum Gasteiger partial charge on any atom is 0.248 e. The van der Waals surface area contributed by atoms with E-state index in [-0.39, 0.29) is 5.91 Å². The van der Waals surface area contributed by atoms with Gasteiger partial charge in [0.2, 0.25) is 5.91 Å². The minimum absolute atomic E-state index is 0.0808. The average Bonchev–Trinajstić information content (AvgIpc) is 3.05. The van der Waals surface area contributed by atoms with Crippen molar-refractivity contribution in [1.82, 2.24) is 4.57 Å². The summed E-state index contributed by atoms with van der Waals surface area (Å²) in [5.41, 5.74) is 2.35. The SMILES string of the molecule is C#CCn1c(=NC(=O)CCCSCc2ccccc2)sc2cc(SC)ccc21. The summed E-state index contributed by atoms with van der Waals surface area (Å²) in [5.74, 6) is 4.51. The summed E-state index contributed by atoms with van der Waals surface area (Å²) in [6.07, 6.45) is 8.87. The Morgan fingerprint density at radius 3 is 2.82 bits per heavy atom. The molecule has 3 aromatic rings. The molecule has 0 aliphatic carbocycles. The van der Waals surface area contributed by atoms with Crippen LogP contribution in [0.15, 0.2) is 58.4 Å². The predicted octanol–water partition coefficient (Wildman–Crippen LogP) is 5.20. The molecule has 0 atom stereocenters. The first-order valence-electron chi connectivity index (χ1n) is 9.01. The first kappa shape index (κ1) is 20.8. The van der Waals surface area contributed by atoms with E-state index in [0.717, 1.165) is 28.1 Å². The topological polar surface area (TPSA) is 34.4 Å². The Morgan fingerprint density at radius 1 is 1.25 bits per heavy atom. The van der Waals surface area contributed by atoms with Gasteiger partial charge in [0.1, 0.15) is 0 Å². The van der Waals surface area contributed by atoms with Crippen molar-refractivity contribution >= 4 is 51.0 Å². The zero-order chi connectivity index (χ0) is 19.8. The molecule has 1 heterocycles. The van der Waals surface area contributed by atoms with E-state index in [4.69, 9.17) is 6.42 Å². The number of fused-ring (bicyclic) bond motifs is 1. The molecule has 144 valence electrons. The molecule has 3 nitrogen and oxygen atoms in total. The van der Waals surface area contributed by atoms with Gasteiger partial charge in [-0.1, -0.05) is 47.6 Å². The third-order valence-electron chi connectivity index (χ3n) is 4.15. The second kappa shape index (κ2) is 10.6. The molecule has 1 amide bonds. The van der Waals surface area contributed by atoms with Gasteiger partial charge in [0.05, 0.1) is 16.8 Å². The molecule has 0 unspecified atom stereocenters. The van der Waals surface area contributed by atoms with Crippen molar-refractivity contribution in [2.75, 3.05) is 12.0 Å². The lowest BCUT2D eigenvalue weighted by molar-refractivity contribution is -0.118. The lowest BCUT2D eigenvalue weighted by Crippen LogP contribution is -2.16. The molecular formula is C22H22N2OS3. The van der Waals surface area contributed by atoms with Crippen molar-refractivity contribution in [3.05, 3.63) is 58.9 Å². The van der Waals surface area contributed by atoms with Crippen molar-refractivity contribution in [2.24, 2.45) is 4.99 Å². The number of thiazole rings is 1. The standard InChI is InChI=1S/C22H22N2OS3/c1-3-13-24-19-12-11-18(26-2)15-20(19)28-22(24)23-21(25)10-7-14-27-16-17-8-5-4-6-9-17/h1,4-6,8-9,11-12,15H,7,10,13-14,16H2,2H3. The van der Waals surface area contributed by atoms with E-state index in [1.807, 2.05) is 22.4 Å². The minimum Gasteiger partial charge on any atom is -0.305 e. The number of aromatic nitrogens is 1. The Kier molecular flexibility index (Phi) is 7.84. The van der Waals surface area contributed by atoms with Gasteiger partial charge >= 0.3 is 0 Å². The van der Waals surface area contributed by atoms with E-state index in [2.05, 4.69) is 59.6 Å². The van der Waals surface area contributed by atoms with E-state index in [1.54, 1.807) is 11.8 Å². The van der Waals surface area contributed by atoms with Gasteiger partial charge in [0.15, 0.2) is 4.80 Å². The summed E-state index contributed by atoms with van der Waals surface area (Å²) in [7, 11) is 0. The van der Waals surface area contributed by atoms with Crippen LogP contribution < -0.4 is 4.80 Å². The Morgan fingerprint density at radius 2 is 2.07 bits per heavy atom. The molecule has 0 aliphatic rings. The number of nitrogens with zero attached hydrogens (tertiary/aromatic N) is 2. The van der Waals surface area contributed by atoms with E-state index in [0.29, 0.717) is 17.8 Å². The second-order valence-corrected chi connectivity index (χ2v) is 9.15. The summed E-state index contributed by atoms with van der Waals surface area (Å²) < 4.78 is 3.05. The fourth-order valence-corrected chi connectivity index (χ4v) is 5.28. The van der Waals surface area contributed by atoms with Crippen LogP contribution in [0.25, 0.3) is 10.2 Å². The quantitative estimate of drug-likeness (QED) is 0.282. The van der Waals surface area contributed by atoms with Crippen molar-refractivity contribution in [2.45, 2.75) is 30.0 Å². The summed E-state index contributed by atoms with van der Waals surface area (Å²) in [6.45, 7) is 0.414. The molecule has 0 bridgehead atoms. The van der Waals surface area contributed by atoms with Crippen molar-refractivity contribution < 1.29 is 4.79 Å². The first-order valence-corrected chi connectivity index (χ1v) is 12.2. The van der Waals surface area contributed by atoms with Gasteiger partial charge in [-0.15, -0.1) is 18.2 Å². The molecule has 0 saturated heterocycles. The second-order valence-electron chi connectivity index (χ2n) is 6.16. The van der Waals surface area contributed by atoms with Crippen LogP contribution >= 0.6 is 34.9 Å². The van der Waals surface area contributed by atoms with E-state index < -0.39 is 0 Å². The van der Waals surface area contributed by atoms with Gasteiger partial charge in [-0.25, -0.2) is 0 Å². The Hall–Kier alpha value is -1.94. The zero-order valence-electron chi connectivity index (χ0n) is 15.8. The smallest absolute Gasteiger partial charge is 0.248 e. The van der Waals surface area contributed by atoms with Gasteiger partial charge in [0.25, 0.3) is 0 Å². The van der Waals surface area contributed by atoms with Crippen LogP contribution in [0.2, 0.25) is 0 Å². The zero-order valence-corrected chi connectivity index (χ0v) is 18.2. The highest BCUT2D eigenvalue weighted by Gasteiger charge is 2.08. The monoisotopic (exact) mass is 426 g/mol. The lowest BCUT2D eigenvalue weighted by atomic mass is 10.2. The van der Waals surface area contributed by atoms with Gasteiger partial charge in [-0.3, -0.25) is 4.79 Å². The van der Waals surface area contributed by atoms with E-state index in [1.165, 1.54) is 21.8 Å². The largest absolute Gasteiger partial charge is 0.305 e. The maximum absolute atomic E-state index is 12.4. The fourth-order valence-electron chi connectivity index (χ4n) is 2.76. The number of carbonyl (C=O) groups is 1. The van der Waals surface area contributed by atoms with Gasteiger partial charge in [0, 0.05) is 17.1 Å². The van der Waals surface area contributed by atoms with Crippen LogP contribution in [0.1, 0.15) is 18.4 Å². The van der Waals surface area contributed by atoms with E-state index >= 15 is 0 Å². The molecule has 0 saturated carbocycles. The van der Waals surface area contributed by atoms with Crippen LogP contribution in [0, 0.1) is 12.3 Å². The first-order chi connectivity index (χ1) is 13.7. The van der Waals surface area contributed by atoms with Crippen LogP contribution in [-0.2, 0) is 17.1 Å². The molecule has 28 heavy (non-hydrogen) atoms. The molecule has 0 spiro atoms. The minimum atomic E-state index is -0.0808. The Balaban J connectivity index is 1.63. The van der Waals surface area contributed by atoms with Crippen LogP contribution in [-0.4, -0.2) is 22.5 Å². The summed E-state index contributed by atoms with van der Waals surface area (Å²) >= 11 is 5.07. The predicted molar refractivity (Wildman–Crippen MR) is 123 cm³/mol. The number of amides is 1. The molecule has 2 aromatic carbocycles. The summed E-state index contributed by atoms with van der Waals surface area (Å²) in [6, 6.07) is 16.6. The average molecular weight is 427 g/mol. The number of carbonyl (C=O) groups excluding carboxylic acids is 1. The number of benzene rings is 2. The Labute approximate surface area is 178 Å². The van der Waals surface area contributed by atoms with Crippen LogP contribution in [0.3, 0.4) is 0 Å². The van der Waals surface area contributed by atoms with Gasteiger partial charge in [-0.2, -0.15) is 16.8 Å². The highest BCUT2D eigenvalue weighted by Crippen LogP contribution is 2.24.